The van der Waals surface area contributed by atoms with Crippen LogP contribution in [0, 0.1) is 11.7 Å². The number of carbonyl (C=O) groups is 3. The van der Waals surface area contributed by atoms with Crippen molar-refractivity contribution in [3.05, 3.63) is 35.6 Å². The summed E-state index contributed by atoms with van der Waals surface area (Å²) in [5.41, 5.74) is 0.0485. The van der Waals surface area contributed by atoms with Crippen molar-refractivity contribution in [1.29, 1.82) is 0 Å². The molecule has 3 atom stereocenters. The monoisotopic (exact) mass is 498 g/mol. The zero-order valence-corrected chi connectivity index (χ0v) is 21.7. The molecule has 0 aromatic heterocycles. The van der Waals surface area contributed by atoms with Gasteiger partial charge in [-0.2, -0.15) is 0 Å². The summed E-state index contributed by atoms with van der Waals surface area (Å²) in [5.74, 6) is -0.237. The number of nitrogens with zero attached hydrogens (tertiary/aromatic N) is 3. The summed E-state index contributed by atoms with van der Waals surface area (Å²) < 4.78 is 14.1. The minimum absolute atomic E-state index is 0.0412. The van der Waals surface area contributed by atoms with Crippen LogP contribution in [0.3, 0.4) is 0 Å². The van der Waals surface area contributed by atoms with Gasteiger partial charge in [-0.05, 0) is 76.5 Å². The Morgan fingerprint density at radius 1 is 1.11 bits per heavy atom. The Labute approximate surface area is 213 Å². The van der Waals surface area contributed by atoms with Crippen molar-refractivity contribution in [2.24, 2.45) is 5.92 Å². The lowest BCUT2D eigenvalue weighted by Crippen LogP contribution is -2.61. The summed E-state index contributed by atoms with van der Waals surface area (Å²) in [4.78, 5) is 44.8. The van der Waals surface area contributed by atoms with Crippen LogP contribution in [0.15, 0.2) is 24.3 Å². The Bertz CT molecular complexity index is 1010. The average Bonchev–Trinajstić information content (AvgIpc) is 3.51. The third-order valence-electron chi connectivity index (χ3n) is 9.06. The molecule has 196 valence electrons. The fourth-order valence-corrected chi connectivity index (χ4v) is 7.42. The number of urea groups is 1. The number of halogens is 1. The summed E-state index contributed by atoms with van der Waals surface area (Å²) in [5, 5.41) is 3.24. The van der Waals surface area contributed by atoms with Crippen LogP contribution in [0.5, 0.6) is 0 Å². The highest BCUT2D eigenvalue weighted by atomic mass is 19.1. The van der Waals surface area contributed by atoms with Gasteiger partial charge < -0.3 is 10.2 Å². The maximum absolute atomic E-state index is 14.1. The van der Waals surface area contributed by atoms with E-state index >= 15 is 0 Å². The van der Waals surface area contributed by atoms with E-state index in [-0.39, 0.29) is 53.7 Å². The molecule has 3 aliphatic heterocycles. The molecule has 7 nitrogen and oxygen atoms in total. The highest BCUT2D eigenvalue weighted by Gasteiger charge is 2.62. The van der Waals surface area contributed by atoms with Crippen LogP contribution in [-0.4, -0.2) is 69.8 Å². The molecule has 1 aromatic rings. The van der Waals surface area contributed by atoms with Gasteiger partial charge in [-0.1, -0.05) is 25.0 Å². The number of hydrogen-bond acceptors (Lipinski definition) is 4. The van der Waals surface area contributed by atoms with E-state index in [1.807, 2.05) is 24.8 Å². The largest absolute Gasteiger partial charge is 0.349 e. The van der Waals surface area contributed by atoms with Crippen molar-refractivity contribution < 1.29 is 18.8 Å². The van der Waals surface area contributed by atoms with Gasteiger partial charge in [-0.25, -0.2) is 9.18 Å². The first-order chi connectivity index (χ1) is 17.2. The van der Waals surface area contributed by atoms with Crippen LogP contribution in [-0.2, 0) is 9.59 Å². The predicted octanol–water partition coefficient (Wildman–Crippen LogP) is 4.23. The topological polar surface area (TPSA) is 73.0 Å². The van der Waals surface area contributed by atoms with E-state index < -0.39 is 5.54 Å². The van der Waals surface area contributed by atoms with E-state index in [0.717, 1.165) is 50.6 Å². The minimum Gasteiger partial charge on any atom is -0.349 e. The summed E-state index contributed by atoms with van der Waals surface area (Å²) in [7, 11) is 1.60. The Morgan fingerprint density at radius 2 is 1.78 bits per heavy atom. The summed E-state index contributed by atoms with van der Waals surface area (Å²) >= 11 is 0. The lowest BCUT2D eigenvalue weighted by atomic mass is 9.80. The lowest BCUT2D eigenvalue weighted by Gasteiger charge is -2.48. The quantitative estimate of drug-likeness (QED) is 0.571. The van der Waals surface area contributed by atoms with Gasteiger partial charge in [-0.3, -0.25) is 19.4 Å². The van der Waals surface area contributed by atoms with E-state index in [9.17, 15) is 18.8 Å². The second-order valence-electron chi connectivity index (χ2n) is 11.6. The zero-order valence-electron chi connectivity index (χ0n) is 21.7. The van der Waals surface area contributed by atoms with Gasteiger partial charge >= 0.3 is 6.03 Å². The zero-order chi connectivity index (χ0) is 25.6. The molecule has 1 aromatic carbocycles. The molecule has 3 saturated heterocycles. The number of nitrogens with one attached hydrogen (secondary N) is 1. The van der Waals surface area contributed by atoms with Crippen LogP contribution < -0.4 is 5.32 Å². The van der Waals surface area contributed by atoms with E-state index in [1.54, 1.807) is 13.1 Å². The molecule has 2 unspecified atom stereocenters. The third-order valence-corrected chi connectivity index (χ3v) is 9.06. The van der Waals surface area contributed by atoms with Crippen LogP contribution >= 0.6 is 0 Å². The molecule has 8 heteroatoms. The first-order valence-corrected chi connectivity index (χ1v) is 13.6. The van der Waals surface area contributed by atoms with Gasteiger partial charge in [0.15, 0.2) is 0 Å². The SMILES string of the molecule is CC(C)N1C(=O)N(C)C(=O)C12CC1CCC(C2)N1CC[C@H](NC(=O)C1CCCC1)c1cccc(F)c1. The standard InChI is InChI=1S/C28H39FN4O3/c1-18(2)33-27(36)31(3)26(35)28(33)16-22-11-12-23(17-28)32(22)14-13-24(20-9-6-10-21(29)15-20)30-25(34)19-7-4-5-8-19/h6,9-10,15,18-19,22-24H,4-5,7-8,11-14,16-17H2,1-3H3,(H,30,34)/t22?,23?,24-,28?/m0/s1. The molecular formula is C28H39FN4O3. The second kappa shape index (κ2) is 9.77. The number of benzene rings is 1. The molecule has 36 heavy (non-hydrogen) atoms. The molecule has 1 aliphatic carbocycles. The Kier molecular flexibility index (Phi) is 6.83. The fraction of sp³-hybridized carbons (Fsp3) is 0.679. The third kappa shape index (κ3) is 4.31. The van der Waals surface area contributed by atoms with Crippen LogP contribution in [0.25, 0.3) is 0 Å². The number of carbonyl (C=O) groups excluding carboxylic acids is 3. The van der Waals surface area contributed by atoms with Gasteiger partial charge in [0.05, 0.1) is 6.04 Å². The minimum atomic E-state index is -0.749. The molecule has 4 aliphatic rings. The normalized spacial score (nSPS) is 29.7. The smallest absolute Gasteiger partial charge is 0.327 e. The van der Waals surface area contributed by atoms with Crippen molar-refractivity contribution in [3.63, 3.8) is 0 Å². The van der Waals surface area contributed by atoms with E-state index in [4.69, 9.17) is 0 Å². The molecule has 1 N–H and O–H groups in total. The van der Waals surface area contributed by atoms with Gasteiger partial charge in [0.2, 0.25) is 5.91 Å². The highest BCUT2D eigenvalue weighted by Crippen LogP contribution is 2.48. The summed E-state index contributed by atoms with van der Waals surface area (Å²) in [6.07, 6.45) is 8.01. The number of amides is 4. The Morgan fingerprint density at radius 3 is 2.39 bits per heavy atom. The maximum atomic E-state index is 14.1. The van der Waals surface area contributed by atoms with Gasteiger partial charge in [0, 0.05) is 37.6 Å². The first kappa shape index (κ1) is 25.2. The van der Waals surface area contributed by atoms with Crippen molar-refractivity contribution in [2.75, 3.05) is 13.6 Å². The van der Waals surface area contributed by atoms with E-state index in [1.165, 1.54) is 17.0 Å². The number of fused-ring (bicyclic) bond motifs is 2. The first-order valence-electron chi connectivity index (χ1n) is 13.6. The number of piperidine rings is 1. The number of imide groups is 1. The Hall–Kier alpha value is -2.48. The number of hydrogen-bond donors (Lipinski definition) is 1. The van der Waals surface area contributed by atoms with Gasteiger partial charge in [-0.15, -0.1) is 0 Å². The second-order valence-corrected chi connectivity index (χ2v) is 11.6. The van der Waals surface area contributed by atoms with E-state index in [2.05, 4.69) is 10.2 Å². The molecule has 4 fully saturated rings. The molecule has 4 amide bonds. The molecule has 5 rings (SSSR count). The number of likely N-dealkylation sites (N-methyl/N-ethyl adjacent to an activating group) is 1. The van der Waals surface area contributed by atoms with Crippen LogP contribution in [0.4, 0.5) is 9.18 Å². The summed E-state index contributed by atoms with van der Waals surface area (Å²) in [6, 6.07) is 6.49. The molecule has 2 bridgehead atoms. The van der Waals surface area contributed by atoms with Crippen molar-refractivity contribution in [1.82, 2.24) is 20.0 Å². The maximum Gasteiger partial charge on any atom is 0.327 e. The molecular weight excluding hydrogens is 459 g/mol. The van der Waals surface area contributed by atoms with Gasteiger partial charge in [0.1, 0.15) is 11.4 Å². The molecule has 0 radical (unpaired) electrons. The predicted molar refractivity (Wildman–Crippen MR) is 134 cm³/mol. The van der Waals surface area contributed by atoms with Crippen LogP contribution in [0.1, 0.15) is 83.2 Å². The summed E-state index contributed by atoms with van der Waals surface area (Å²) in [6.45, 7) is 4.73. The van der Waals surface area contributed by atoms with Gasteiger partial charge in [0.25, 0.3) is 5.91 Å². The lowest BCUT2D eigenvalue weighted by molar-refractivity contribution is -0.137. The van der Waals surface area contributed by atoms with Crippen molar-refractivity contribution in [3.8, 4) is 0 Å². The van der Waals surface area contributed by atoms with E-state index in [0.29, 0.717) is 19.3 Å². The molecule has 1 spiro atoms. The highest BCUT2D eigenvalue weighted by molar-refractivity contribution is 6.07. The van der Waals surface area contributed by atoms with Crippen molar-refractivity contribution >= 4 is 17.8 Å². The molecule has 1 saturated carbocycles. The number of rotatable bonds is 7. The Balaban J connectivity index is 1.31. The van der Waals surface area contributed by atoms with Crippen LogP contribution in [0.2, 0.25) is 0 Å². The van der Waals surface area contributed by atoms with Crippen molar-refractivity contribution in [2.45, 2.75) is 101 Å². The fourth-order valence-electron chi connectivity index (χ4n) is 7.42. The average molecular weight is 499 g/mol. The molecule has 3 heterocycles.